The summed E-state index contributed by atoms with van der Waals surface area (Å²) in [4.78, 5) is 7.88. The molecular formula is C31H33ClN8. The lowest BCUT2D eigenvalue weighted by Gasteiger charge is -2.64. The van der Waals surface area contributed by atoms with Gasteiger partial charge in [-0.2, -0.15) is 5.26 Å². The van der Waals surface area contributed by atoms with Gasteiger partial charge in [-0.25, -0.2) is 0 Å². The number of nitrogens with zero attached hydrogens (tertiary/aromatic N) is 3. The van der Waals surface area contributed by atoms with E-state index in [0.29, 0.717) is 22.6 Å². The average molecular weight is 553 g/mol. The molecule has 5 N–H and O–H groups in total. The van der Waals surface area contributed by atoms with Crippen molar-refractivity contribution in [3.8, 4) is 6.07 Å². The zero-order chi connectivity index (χ0) is 27.6. The number of hydrogen-bond donors (Lipinski definition) is 5. The number of H-pyrrole nitrogens is 1. The molecular weight excluding hydrogens is 520 g/mol. The van der Waals surface area contributed by atoms with Gasteiger partial charge < -0.3 is 21.0 Å². The molecule has 9 heteroatoms. The van der Waals surface area contributed by atoms with Gasteiger partial charge in [0.2, 0.25) is 0 Å². The molecule has 4 aromatic rings. The lowest BCUT2D eigenvalue weighted by atomic mass is 9.49. The molecule has 8 rings (SSSR count). The van der Waals surface area contributed by atoms with Crippen molar-refractivity contribution in [1.82, 2.24) is 25.9 Å². The third-order valence-electron chi connectivity index (χ3n) is 8.51. The number of rotatable bonds is 7. The van der Waals surface area contributed by atoms with Gasteiger partial charge in [0.15, 0.2) is 0 Å². The number of aromatic amines is 1. The molecule has 2 aromatic carbocycles. The lowest BCUT2D eigenvalue weighted by molar-refractivity contribution is -0.141. The Balaban J connectivity index is 1.31. The molecule has 4 aliphatic rings. The molecule has 3 saturated carbocycles. The summed E-state index contributed by atoms with van der Waals surface area (Å²) in [5.41, 5.74) is 13.2. The number of halogens is 1. The SMILES string of the molecule is CC(C)(C)CNc1c(C#N)cnc2c(Cl)cc(N[C@H](C3=CN(C45CC(C4)C5)NN3)c3cccc4[nH]ccc34)cc12. The first kappa shape index (κ1) is 25.1. The molecule has 8 nitrogen and oxygen atoms in total. The molecule has 204 valence electrons. The first-order valence-electron chi connectivity index (χ1n) is 13.8. The second kappa shape index (κ2) is 9.05. The topological polar surface area (TPSA) is 104 Å². The van der Waals surface area contributed by atoms with Crippen molar-refractivity contribution in [2.45, 2.75) is 51.6 Å². The number of nitriles is 1. The third-order valence-corrected chi connectivity index (χ3v) is 8.80. The van der Waals surface area contributed by atoms with Crippen molar-refractivity contribution < 1.29 is 0 Å². The first-order chi connectivity index (χ1) is 19.2. The van der Waals surface area contributed by atoms with E-state index in [0.717, 1.165) is 44.8 Å². The van der Waals surface area contributed by atoms with Gasteiger partial charge >= 0.3 is 0 Å². The molecule has 40 heavy (non-hydrogen) atoms. The standard InChI is InChI=1S/C31H33ClN8/c1-30(2,3)17-36-27-19(14-33)15-35-28-23(27)9-20(10-24(28)32)37-29(22-5-4-6-25-21(22)7-8-34-25)26-16-40(39-38-26)31-11-18(12-31)13-31/h4-10,15-16,18,29,34,37-39H,11-13,17H2,1-3H3,(H,35,36)/t18?,29-,31?/m0/s1. The van der Waals surface area contributed by atoms with Gasteiger partial charge in [0.1, 0.15) is 6.07 Å². The van der Waals surface area contributed by atoms with E-state index in [1.165, 1.54) is 19.3 Å². The molecule has 3 heterocycles. The molecule has 0 spiro atoms. The second-order valence-electron chi connectivity index (χ2n) is 12.7. The zero-order valence-electron chi connectivity index (χ0n) is 22.9. The van der Waals surface area contributed by atoms with Crippen molar-refractivity contribution in [3.05, 3.63) is 76.8 Å². The Labute approximate surface area is 238 Å². The highest BCUT2D eigenvalue weighted by atomic mass is 35.5. The maximum atomic E-state index is 9.87. The van der Waals surface area contributed by atoms with Crippen LogP contribution in [0.1, 0.15) is 57.2 Å². The summed E-state index contributed by atoms with van der Waals surface area (Å²) in [6.45, 7) is 7.19. The summed E-state index contributed by atoms with van der Waals surface area (Å²) >= 11 is 6.83. The Morgan fingerprint density at radius 1 is 1.20 bits per heavy atom. The number of aromatic nitrogens is 2. The summed E-state index contributed by atoms with van der Waals surface area (Å²) in [6.07, 6.45) is 9.53. The van der Waals surface area contributed by atoms with E-state index in [1.807, 2.05) is 18.3 Å². The molecule has 2 bridgehead atoms. The average Bonchev–Trinajstić information content (AvgIpc) is 3.53. The van der Waals surface area contributed by atoms with Gasteiger partial charge in [0, 0.05) is 47.1 Å². The molecule has 0 saturated heterocycles. The van der Waals surface area contributed by atoms with E-state index in [1.54, 1.807) is 6.20 Å². The summed E-state index contributed by atoms with van der Waals surface area (Å²) in [7, 11) is 0. The zero-order valence-corrected chi connectivity index (χ0v) is 23.7. The van der Waals surface area contributed by atoms with Crippen LogP contribution in [0.5, 0.6) is 0 Å². The summed E-state index contributed by atoms with van der Waals surface area (Å²) in [5.74, 6) is 0.884. The van der Waals surface area contributed by atoms with E-state index < -0.39 is 0 Å². The maximum Gasteiger partial charge on any atom is 0.103 e. The smallest absolute Gasteiger partial charge is 0.103 e. The Morgan fingerprint density at radius 3 is 2.75 bits per heavy atom. The quantitative estimate of drug-likeness (QED) is 0.177. The van der Waals surface area contributed by atoms with Gasteiger partial charge in [-0.1, -0.05) is 44.5 Å². The maximum absolute atomic E-state index is 9.87. The van der Waals surface area contributed by atoms with Crippen molar-refractivity contribution >= 4 is 44.8 Å². The molecule has 0 amide bonds. The fraction of sp³-hybridized carbons (Fsp3) is 0.355. The second-order valence-corrected chi connectivity index (χ2v) is 13.1. The van der Waals surface area contributed by atoms with Crippen LogP contribution in [-0.4, -0.2) is 27.1 Å². The van der Waals surface area contributed by atoms with Crippen LogP contribution in [0.25, 0.3) is 21.8 Å². The minimum Gasteiger partial charge on any atom is -0.383 e. The molecule has 0 unspecified atom stereocenters. The summed E-state index contributed by atoms with van der Waals surface area (Å²) in [6, 6.07) is 14.5. The van der Waals surface area contributed by atoms with Crippen molar-refractivity contribution in [2.24, 2.45) is 11.3 Å². The van der Waals surface area contributed by atoms with Crippen molar-refractivity contribution in [2.75, 3.05) is 17.2 Å². The van der Waals surface area contributed by atoms with Gasteiger partial charge in [-0.15, -0.1) is 5.53 Å². The molecule has 1 atom stereocenters. The summed E-state index contributed by atoms with van der Waals surface area (Å²) < 4.78 is 0. The van der Waals surface area contributed by atoms with Gasteiger partial charge in [-0.3, -0.25) is 9.99 Å². The fourth-order valence-corrected chi connectivity index (χ4v) is 6.55. The number of fused-ring (bicyclic) bond motifs is 2. The summed E-state index contributed by atoms with van der Waals surface area (Å²) in [5, 5.41) is 21.9. The van der Waals surface area contributed by atoms with Crippen LogP contribution in [0.2, 0.25) is 5.02 Å². The monoisotopic (exact) mass is 552 g/mol. The number of benzene rings is 2. The first-order valence-corrected chi connectivity index (χ1v) is 14.2. The Bertz CT molecular complexity index is 1690. The fourth-order valence-electron chi connectivity index (χ4n) is 6.28. The molecule has 1 aliphatic heterocycles. The molecule has 0 radical (unpaired) electrons. The minimum atomic E-state index is -0.184. The Kier molecular flexibility index (Phi) is 5.67. The van der Waals surface area contributed by atoms with Crippen LogP contribution in [0.3, 0.4) is 0 Å². The molecule has 2 aromatic heterocycles. The van der Waals surface area contributed by atoms with E-state index in [-0.39, 0.29) is 17.0 Å². The van der Waals surface area contributed by atoms with E-state index in [2.05, 4.69) is 93.9 Å². The Hall–Kier alpha value is -3.93. The van der Waals surface area contributed by atoms with E-state index in [4.69, 9.17) is 11.6 Å². The predicted molar refractivity (Wildman–Crippen MR) is 160 cm³/mol. The molecule has 3 aliphatic carbocycles. The number of nitrogens with one attached hydrogen (secondary N) is 5. The van der Waals surface area contributed by atoms with Crippen LogP contribution < -0.4 is 21.6 Å². The van der Waals surface area contributed by atoms with Gasteiger partial charge in [0.25, 0.3) is 0 Å². The van der Waals surface area contributed by atoms with Crippen molar-refractivity contribution in [3.63, 3.8) is 0 Å². The highest BCUT2D eigenvalue weighted by Crippen LogP contribution is 2.60. The van der Waals surface area contributed by atoms with Crippen LogP contribution >= 0.6 is 11.6 Å². The number of hydrazine groups is 2. The lowest BCUT2D eigenvalue weighted by Crippen LogP contribution is -2.69. The Morgan fingerprint density at radius 2 is 2.02 bits per heavy atom. The van der Waals surface area contributed by atoms with Crippen LogP contribution in [0, 0.1) is 22.7 Å². The molecule has 3 fully saturated rings. The normalized spacial score (nSPS) is 22.2. The van der Waals surface area contributed by atoms with Crippen LogP contribution in [0.15, 0.2) is 60.7 Å². The van der Waals surface area contributed by atoms with Gasteiger partial charge in [-0.05, 0) is 60.4 Å². The number of anilines is 2. The van der Waals surface area contributed by atoms with Crippen molar-refractivity contribution in [1.29, 1.82) is 5.26 Å². The van der Waals surface area contributed by atoms with Gasteiger partial charge in [0.05, 0.1) is 39.1 Å². The predicted octanol–water partition coefficient (Wildman–Crippen LogP) is 6.57. The third kappa shape index (κ3) is 4.12. The number of pyridine rings is 1. The van der Waals surface area contributed by atoms with Crippen LogP contribution in [0.4, 0.5) is 11.4 Å². The van der Waals surface area contributed by atoms with E-state index >= 15 is 0 Å². The highest BCUT2D eigenvalue weighted by molar-refractivity contribution is 6.35. The number of hydrogen-bond acceptors (Lipinski definition) is 7. The minimum absolute atomic E-state index is 0.0300. The van der Waals surface area contributed by atoms with Crippen LogP contribution in [-0.2, 0) is 0 Å². The largest absolute Gasteiger partial charge is 0.383 e. The van der Waals surface area contributed by atoms with E-state index in [9.17, 15) is 5.26 Å². The highest BCUT2D eigenvalue weighted by Gasteiger charge is 2.60.